The van der Waals surface area contributed by atoms with Crippen LogP contribution in [0.5, 0.6) is 0 Å². The van der Waals surface area contributed by atoms with Gasteiger partial charge in [-0.3, -0.25) is 5.10 Å². The van der Waals surface area contributed by atoms with E-state index in [1.54, 1.807) is 35.9 Å². The molecule has 0 saturated heterocycles. The van der Waals surface area contributed by atoms with Crippen LogP contribution in [-0.4, -0.2) is 30.6 Å². The van der Waals surface area contributed by atoms with Crippen LogP contribution in [0.4, 0.5) is 10.2 Å². The number of hydrogen-bond donors (Lipinski definition) is 1. The number of aromatic amines is 1. The summed E-state index contributed by atoms with van der Waals surface area (Å²) in [5.74, 6) is 0.151. The monoisotopic (exact) mass is 529 g/mol. The van der Waals surface area contributed by atoms with Crippen molar-refractivity contribution in [3.8, 4) is 11.1 Å². The molecule has 6 nitrogen and oxygen atoms in total. The van der Waals surface area contributed by atoms with Gasteiger partial charge in [-0.2, -0.15) is 9.46 Å². The van der Waals surface area contributed by atoms with E-state index in [9.17, 15) is 8.60 Å². The highest BCUT2D eigenvalue weighted by Gasteiger charge is 2.20. The first kappa shape index (κ1) is 23.7. The van der Waals surface area contributed by atoms with Gasteiger partial charge in [-0.05, 0) is 66.3 Å². The third-order valence-electron chi connectivity index (χ3n) is 6.41. The highest BCUT2D eigenvalue weighted by molar-refractivity contribution is 7.93. The van der Waals surface area contributed by atoms with Crippen LogP contribution in [0.1, 0.15) is 30.5 Å². The first-order valence-corrected chi connectivity index (χ1v) is 14.6. The second-order valence-electron chi connectivity index (χ2n) is 9.47. The highest BCUT2D eigenvalue weighted by Crippen LogP contribution is 2.41. The number of nitrogens with one attached hydrogen (secondary N) is 1. The lowest BCUT2D eigenvalue weighted by Crippen LogP contribution is -2.02. The average Bonchev–Trinajstić information content (AvgIpc) is 3.47. The molecule has 6 rings (SSSR count). The molecule has 0 aliphatic carbocycles. The molecule has 0 aliphatic rings. The molecule has 9 heteroatoms. The summed E-state index contributed by atoms with van der Waals surface area (Å²) < 4.78 is 33.7. The fourth-order valence-electron chi connectivity index (χ4n) is 4.63. The third-order valence-corrected chi connectivity index (χ3v) is 9.02. The molecule has 3 aromatic heterocycles. The van der Waals surface area contributed by atoms with Gasteiger partial charge in [-0.15, -0.1) is 11.3 Å². The Labute approximate surface area is 217 Å². The van der Waals surface area contributed by atoms with E-state index < -0.39 is 9.73 Å². The molecule has 1 N–H and O–H groups in total. The van der Waals surface area contributed by atoms with Gasteiger partial charge in [0.15, 0.2) is 5.82 Å². The van der Waals surface area contributed by atoms with Gasteiger partial charge in [0, 0.05) is 27.5 Å². The summed E-state index contributed by atoms with van der Waals surface area (Å²) in [4.78, 5) is 10.1. The van der Waals surface area contributed by atoms with Crippen LogP contribution in [0.25, 0.3) is 43.0 Å². The van der Waals surface area contributed by atoms with E-state index in [0.717, 1.165) is 53.7 Å². The minimum absolute atomic E-state index is 0.0423. The number of halogens is 1. The van der Waals surface area contributed by atoms with E-state index in [1.165, 1.54) is 12.1 Å². The van der Waals surface area contributed by atoms with Crippen LogP contribution in [0.3, 0.4) is 0 Å². The molecular weight excluding hydrogens is 505 g/mol. The van der Waals surface area contributed by atoms with Gasteiger partial charge in [0.25, 0.3) is 0 Å². The number of rotatable bonds is 4. The van der Waals surface area contributed by atoms with Gasteiger partial charge in [-0.1, -0.05) is 26.0 Å². The zero-order chi connectivity index (χ0) is 25.9. The topological polar surface area (TPSA) is 83.9 Å². The standard InChI is InChI=1S/C28H24FN5OS2/c1-15(2)27-26(17-5-7-19(29)8-6-17)21-11-18-14-30-33-23(18)13-22(21)28(32-27)34-37(4,35)20-9-10-25-24(12-20)31-16(3)36-25/h5-15H,1-4H3,(H,30,33). The summed E-state index contributed by atoms with van der Waals surface area (Å²) in [6.45, 7) is 6.08. The van der Waals surface area contributed by atoms with E-state index in [1.807, 2.05) is 37.3 Å². The second-order valence-corrected chi connectivity index (χ2v) is 13.0. The van der Waals surface area contributed by atoms with Crippen LogP contribution in [0.2, 0.25) is 0 Å². The van der Waals surface area contributed by atoms with Crippen molar-refractivity contribution in [2.24, 2.45) is 4.36 Å². The first-order valence-electron chi connectivity index (χ1n) is 11.9. The molecule has 0 amide bonds. The first-order chi connectivity index (χ1) is 17.7. The molecule has 0 saturated carbocycles. The van der Waals surface area contributed by atoms with E-state index in [-0.39, 0.29) is 11.7 Å². The zero-order valence-electron chi connectivity index (χ0n) is 20.7. The molecule has 1 atom stereocenters. The lowest BCUT2D eigenvalue weighted by atomic mass is 9.92. The fourth-order valence-corrected chi connectivity index (χ4v) is 6.67. The minimum Gasteiger partial charge on any atom is -0.278 e. The largest absolute Gasteiger partial charge is 0.278 e. The maximum atomic E-state index is 14.0. The summed E-state index contributed by atoms with van der Waals surface area (Å²) >= 11 is 1.61. The van der Waals surface area contributed by atoms with E-state index >= 15 is 0 Å². The Morgan fingerprint density at radius 1 is 1.03 bits per heavy atom. The molecule has 3 aromatic carbocycles. The van der Waals surface area contributed by atoms with Crippen molar-refractivity contribution in [1.29, 1.82) is 0 Å². The number of fused-ring (bicyclic) bond motifs is 3. The second kappa shape index (κ2) is 8.71. The molecular formula is C28H24FN5OS2. The smallest absolute Gasteiger partial charge is 0.170 e. The van der Waals surface area contributed by atoms with Crippen LogP contribution < -0.4 is 0 Å². The number of pyridine rings is 1. The number of aromatic nitrogens is 4. The summed E-state index contributed by atoms with van der Waals surface area (Å²) in [5, 5.41) is 10.7. The van der Waals surface area contributed by atoms with Crippen molar-refractivity contribution in [3.63, 3.8) is 0 Å². The molecule has 186 valence electrons. The summed E-state index contributed by atoms with van der Waals surface area (Å²) in [6.07, 6.45) is 3.40. The van der Waals surface area contributed by atoms with Gasteiger partial charge in [0.05, 0.1) is 42.4 Å². The number of aryl methyl sites for hydroxylation is 1. The molecule has 0 aliphatic heterocycles. The molecule has 3 heterocycles. The average molecular weight is 530 g/mol. The maximum Gasteiger partial charge on any atom is 0.170 e. The summed E-state index contributed by atoms with van der Waals surface area (Å²) in [5.41, 5.74) is 4.22. The Morgan fingerprint density at radius 2 is 1.81 bits per heavy atom. The van der Waals surface area contributed by atoms with Crippen molar-refractivity contribution >= 4 is 58.8 Å². The highest BCUT2D eigenvalue weighted by atomic mass is 32.2. The Bertz CT molecular complexity index is 1950. The Kier molecular flexibility index (Phi) is 5.58. The van der Waals surface area contributed by atoms with Gasteiger partial charge < -0.3 is 0 Å². The molecule has 6 aromatic rings. The normalized spacial score (nSPS) is 13.6. The van der Waals surface area contributed by atoms with Crippen molar-refractivity contribution < 1.29 is 8.60 Å². The summed E-state index contributed by atoms with van der Waals surface area (Å²) in [6, 6.07) is 16.1. The van der Waals surface area contributed by atoms with E-state index in [2.05, 4.69) is 29.0 Å². The van der Waals surface area contributed by atoms with Crippen molar-refractivity contribution in [2.45, 2.75) is 31.6 Å². The number of hydrogen-bond acceptors (Lipinski definition) is 6. The number of H-pyrrole nitrogens is 1. The van der Waals surface area contributed by atoms with Crippen molar-refractivity contribution in [2.75, 3.05) is 6.26 Å². The predicted octanol–water partition coefficient (Wildman–Crippen LogP) is 7.75. The zero-order valence-corrected chi connectivity index (χ0v) is 22.4. The Morgan fingerprint density at radius 3 is 2.57 bits per heavy atom. The molecule has 37 heavy (non-hydrogen) atoms. The Hall–Kier alpha value is -3.69. The van der Waals surface area contributed by atoms with Gasteiger partial charge >= 0.3 is 0 Å². The molecule has 0 fully saturated rings. The maximum absolute atomic E-state index is 14.0. The minimum atomic E-state index is -2.85. The van der Waals surface area contributed by atoms with E-state index in [4.69, 9.17) is 9.35 Å². The lowest BCUT2D eigenvalue weighted by Gasteiger charge is -2.18. The molecule has 0 radical (unpaired) electrons. The van der Waals surface area contributed by atoms with Crippen LogP contribution in [-0.2, 0) is 9.73 Å². The van der Waals surface area contributed by atoms with Crippen molar-refractivity contribution in [3.05, 3.63) is 77.3 Å². The molecule has 1 unspecified atom stereocenters. The molecule has 0 bridgehead atoms. The van der Waals surface area contributed by atoms with Gasteiger partial charge in [-0.25, -0.2) is 18.6 Å². The van der Waals surface area contributed by atoms with Gasteiger partial charge in [0.2, 0.25) is 0 Å². The van der Waals surface area contributed by atoms with Crippen molar-refractivity contribution in [1.82, 2.24) is 20.2 Å². The van der Waals surface area contributed by atoms with E-state index in [0.29, 0.717) is 10.7 Å². The Balaban J connectivity index is 1.67. The predicted molar refractivity (Wildman–Crippen MR) is 150 cm³/mol. The third kappa shape index (κ3) is 4.18. The molecule has 0 spiro atoms. The SMILES string of the molecule is Cc1nc2cc(S(C)(=O)=Nc3nc(C(C)C)c(-c4ccc(F)cc4)c4cc5cn[nH]c5cc34)ccc2s1. The fraction of sp³-hybridized carbons (Fsp3) is 0.179. The van der Waals surface area contributed by atoms with Crippen LogP contribution in [0.15, 0.2) is 70.1 Å². The van der Waals surface area contributed by atoms with Crippen LogP contribution in [0, 0.1) is 12.7 Å². The number of thiazole rings is 1. The van der Waals surface area contributed by atoms with Gasteiger partial charge in [0.1, 0.15) is 5.82 Å². The number of benzene rings is 3. The number of nitrogens with zero attached hydrogens (tertiary/aromatic N) is 4. The quantitative estimate of drug-likeness (QED) is 0.253. The lowest BCUT2D eigenvalue weighted by molar-refractivity contribution is 0.628. The summed E-state index contributed by atoms with van der Waals surface area (Å²) in [7, 11) is -2.85. The van der Waals surface area contributed by atoms with Crippen LogP contribution >= 0.6 is 11.3 Å².